The van der Waals surface area contributed by atoms with E-state index in [-0.39, 0.29) is 15.9 Å². The van der Waals surface area contributed by atoms with Gasteiger partial charge in [-0.2, -0.15) is 10.4 Å². The Kier molecular flexibility index (Phi) is 6.53. The number of hydrogen-bond acceptors (Lipinski definition) is 7. The lowest BCUT2D eigenvalue weighted by molar-refractivity contribution is 0.209. The SMILES string of the molecule is C1CC1.N#Cc1cc(Cl)c(-n2cc3c(Nc4cc(NC(=O)O)ncn4)nccc3n2)c(Cl)c1. The summed E-state index contributed by atoms with van der Waals surface area (Å²) in [6.45, 7) is 0. The second-order valence-electron chi connectivity index (χ2n) is 6.97. The Hall–Kier alpha value is -3.94. The van der Waals surface area contributed by atoms with Gasteiger partial charge in [-0.15, -0.1) is 0 Å². The van der Waals surface area contributed by atoms with Gasteiger partial charge in [0.2, 0.25) is 0 Å². The average Bonchev–Trinajstić information content (AvgIpc) is 3.59. The first kappa shape index (κ1) is 22.3. The number of nitrogens with zero attached hydrogens (tertiary/aromatic N) is 6. The van der Waals surface area contributed by atoms with E-state index in [0.29, 0.717) is 33.8 Å². The van der Waals surface area contributed by atoms with Gasteiger partial charge in [0.25, 0.3) is 0 Å². The number of pyridine rings is 1. The topological polar surface area (TPSA) is 142 Å². The van der Waals surface area contributed by atoms with Crippen LogP contribution in [0.25, 0.3) is 16.6 Å². The van der Waals surface area contributed by atoms with Gasteiger partial charge in [-0.05, 0) is 18.2 Å². The van der Waals surface area contributed by atoms with Crippen LogP contribution in [-0.4, -0.2) is 35.9 Å². The van der Waals surface area contributed by atoms with E-state index in [1.54, 1.807) is 18.5 Å². The standard InChI is InChI=1S/C18H10Cl2N8O2.C3H6/c19-11-3-9(6-21)4-12(20)16(11)28-7-10-13(27-28)1-2-22-17(10)25-14-5-15(24-8-23-14)26-18(29)30;1-2-3-1/h1-5,7-8H,(H,29,30)(H2,22,23,24,25,26);1-3H2. The number of carboxylic acid groups (broad SMARTS) is 1. The third-order valence-corrected chi connectivity index (χ3v) is 4.89. The van der Waals surface area contributed by atoms with Crippen molar-refractivity contribution in [1.82, 2.24) is 24.7 Å². The molecule has 0 radical (unpaired) electrons. The fourth-order valence-electron chi connectivity index (χ4n) is 2.73. The minimum absolute atomic E-state index is 0.110. The quantitative estimate of drug-likeness (QED) is 0.351. The second kappa shape index (κ2) is 9.68. The van der Waals surface area contributed by atoms with Crippen LogP contribution >= 0.6 is 23.2 Å². The van der Waals surface area contributed by atoms with Crippen LogP contribution in [0.1, 0.15) is 24.8 Å². The first-order chi connectivity index (χ1) is 15.9. The van der Waals surface area contributed by atoms with Crippen molar-refractivity contribution in [3.8, 4) is 11.8 Å². The van der Waals surface area contributed by atoms with Gasteiger partial charge in [-0.1, -0.05) is 42.5 Å². The van der Waals surface area contributed by atoms with E-state index in [9.17, 15) is 4.79 Å². The Bertz CT molecular complexity index is 1350. The minimum atomic E-state index is -1.24. The van der Waals surface area contributed by atoms with Gasteiger partial charge in [0, 0.05) is 18.5 Å². The van der Waals surface area contributed by atoms with Gasteiger partial charge in [0.15, 0.2) is 0 Å². The van der Waals surface area contributed by atoms with Crippen LogP contribution in [0.5, 0.6) is 0 Å². The number of carbonyl (C=O) groups is 1. The molecule has 0 spiro atoms. The van der Waals surface area contributed by atoms with E-state index in [0.717, 1.165) is 0 Å². The molecule has 12 heteroatoms. The van der Waals surface area contributed by atoms with E-state index in [4.69, 9.17) is 33.6 Å². The number of anilines is 3. The highest BCUT2D eigenvalue weighted by Crippen LogP contribution is 2.32. The van der Waals surface area contributed by atoms with Gasteiger partial charge >= 0.3 is 6.09 Å². The normalized spacial score (nSPS) is 11.8. The van der Waals surface area contributed by atoms with E-state index in [1.807, 2.05) is 6.07 Å². The Labute approximate surface area is 197 Å². The number of benzene rings is 1. The lowest BCUT2D eigenvalue weighted by Gasteiger charge is -2.07. The Morgan fingerprint density at radius 3 is 2.42 bits per heavy atom. The van der Waals surface area contributed by atoms with Crippen LogP contribution < -0.4 is 10.6 Å². The van der Waals surface area contributed by atoms with Crippen LogP contribution in [0.3, 0.4) is 0 Å². The molecule has 0 bridgehead atoms. The molecular weight excluding hydrogens is 467 g/mol. The smallest absolute Gasteiger partial charge is 0.410 e. The summed E-state index contributed by atoms with van der Waals surface area (Å²) >= 11 is 12.6. The molecule has 33 heavy (non-hydrogen) atoms. The maximum absolute atomic E-state index is 10.8. The van der Waals surface area contributed by atoms with Gasteiger partial charge in [-0.25, -0.2) is 24.4 Å². The van der Waals surface area contributed by atoms with Crippen molar-refractivity contribution in [3.05, 3.63) is 58.6 Å². The maximum Gasteiger partial charge on any atom is 0.410 e. The lowest BCUT2D eigenvalue weighted by atomic mass is 10.2. The number of nitriles is 1. The Morgan fingerprint density at radius 2 is 1.79 bits per heavy atom. The zero-order valence-electron chi connectivity index (χ0n) is 17.0. The number of amides is 1. The molecule has 166 valence electrons. The van der Waals surface area contributed by atoms with Crippen molar-refractivity contribution in [2.75, 3.05) is 10.6 Å². The third-order valence-electron chi connectivity index (χ3n) is 4.31. The third kappa shape index (κ3) is 5.46. The summed E-state index contributed by atoms with van der Waals surface area (Å²) in [6, 6.07) is 8.14. The van der Waals surface area contributed by atoms with E-state index < -0.39 is 6.09 Å². The van der Waals surface area contributed by atoms with Crippen molar-refractivity contribution in [2.24, 2.45) is 0 Å². The average molecular weight is 483 g/mol. The van der Waals surface area contributed by atoms with Crippen molar-refractivity contribution in [3.63, 3.8) is 0 Å². The monoisotopic (exact) mass is 482 g/mol. The molecule has 1 aromatic carbocycles. The van der Waals surface area contributed by atoms with Crippen LogP contribution in [0.4, 0.5) is 22.2 Å². The first-order valence-corrected chi connectivity index (χ1v) is 10.5. The molecule has 10 nitrogen and oxygen atoms in total. The molecule has 0 unspecified atom stereocenters. The minimum Gasteiger partial charge on any atom is -0.465 e. The molecule has 1 fully saturated rings. The molecule has 0 atom stereocenters. The van der Waals surface area contributed by atoms with Crippen molar-refractivity contribution in [2.45, 2.75) is 19.3 Å². The zero-order chi connectivity index (χ0) is 23.4. The van der Waals surface area contributed by atoms with Gasteiger partial charge in [-0.3, -0.25) is 5.32 Å². The Balaban J connectivity index is 0.000000799. The van der Waals surface area contributed by atoms with Crippen molar-refractivity contribution >= 4 is 57.7 Å². The predicted molar refractivity (Wildman–Crippen MR) is 124 cm³/mol. The zero-order valence-corrected chi connectivity index (χ0v) is 18.5. The highest BCUT2D eigenvalue weighted by atomic mass is 35.5. The summed E-state index contributed by atoms with van der Waals surface area (Å²) < 4.78 is 1.50. The molecular formula is C21H16Cl2N8O2. The number of aromatic nitrogens is 5. The second-order valence-corrected chi connectivity index (χ2v) is 7.79. The summed E-state index contributed by atoms with van der Waals surface area (Å²) in [5, 5.41) is 28.7. The summed E-state index contributed by atoms with van der Waals surface area (Å²) in [4.78, 5) is 23.0. The fraction of sp³-hybridized carbons (Fsp3) is 0.143. The van der Waals surface area contributed by atoms with E-state index >= 15 is 0 Å². The fourth-order valence-corrected chi connectivity index (χ4v) is 3.39. The van der Waals surface area contributed by atoms with E-state index in [1.165, 1.54) is 48.5 Å². The number of halogens is 2. The van der Waals surface area contributed by atoms with Crippen molar-refractivity contribution < 1.29 is 9.90 Å². The predicted octanol–water partition coefficient (Wildman–Crippen LogP) is 5.39. The summed E-state index contributed by atoms with van der Waals surface area (Å²) in [6.07, 6.45) is 7.72. The number of nitrogens with one attached hydrogen (secondary N) is 2. The summed E-state index contributed by atoms with van der Waals surface area (Å²) in [5.41, 5.74) is 1.36. The number of hydrogen-bond donors (Lipinski definition) is 3. The first-order valence-electron chi connectivity index (χ1n) is 9.77. The molecule has 5 rings (SSSR count). The molecule has 3 aromatic heterocycles. The summed E-state index contributed by atoms with van der Waals surface area (Å²) in [5.74, 6) is 0.870. The summed E-state index contributed by atoms with van der Waals surface area (Å²) in [7, 11) is 0. The Morgan fingerprint density at radius 1 is 1.09 bits per heavy atom. The number of fused-ring (bicyclic) bond motifs is 1. The molecule has 1 saturated carbocycles. The molecule has 3 N–H and O–H groups in total. The number of rotatable bonds is 4. The molecule has 1 aliphatic rings. The molecule has 1 aliphatic carbocycles. The van der Waals surface area contributed by atoms with Gasteiger partial charge < -0.3 is 10.4 Å². The molecule has 0 aliphatic heterocycles. The van der Waals surface area contributed by atoms with Crippen LogP contribution in [0.2, 0.25) is 10.0 Å². The largest absolute Gasteiger partial charge is 0.465 e. The molecule has 4 aromatic rings. The molecule has 0 saturated heterocycles. The van der Waals surface area contributed by atoms with Gasteiger partial charge in [0.1, 0.15) is 29.5 Å². The van der Waals surface area contributed by atoms with Crippen molar-refractivity contribution in [1.29, 1.82) is 5.26 Å². The van der Waals surface area contributed by atoms with Gasteiger partial charge in [0.05, 0.1) is 32.6 Å². The van der Waals surface area contributed by atoms with Crippen LogP contribution in [-0.2, 0) is 0 Å². The lowest BCUT2D eigenvalue weighted by Crippen LogP contribution is -2.09. The van der Waals surface area contributed by atoms with E-state index in [2.05, 4.69) is 30.7 Å². The van der Waals surface area contributed by atoms with Crippen LogP contribution in [0, 0.1) is 11.3 Å². The highest BCUT2D eigenvalue weighted by molar-refractivity contribution is 6.38. The molecule has 3 heterocycles. The highest BCUT2D eigenvalue weighted by Gasteiger charge is 2.15. The maximum atomic E-state index is 10.8. The van der Waals surface area contributed by atoms with Crippen LogP contribution in [0.15, 0.2) is 43.0 Å². The molecule has 1 amide bonds.